The summed E-state index contributed by atoms with van der Waals surface area (Å²) in [7, 11) is 0. The smallest absolute Gasteiger partial charge is 0.114 e. The first-order valence-electron chi connectivity index (χ1n) is 12.1. The van der Waals surface area contributed by atoms with Gasteiger partial charge in [0.1, 0.15) is 24.4 Å². The lowest BCUT2D eigenvalue weighted by Crippen LogP contribution is -2.41. The van der Waals surface area contributed by atoms with Crippen molar-refractivity contribution in [1.29, 1.82) is 0 Å². The van der Waals surface area contributed by atoms with Crippen LogP contribution in [0.5, 0.6) is 0 Å². The van der Waals surface area contributed by atoms with Crippen LogP contribution in [0.2, 0.25) is 0 Å². The normalized spacial score (nSPS) is 23.2. The van der Waals surface area contributed by atoms with Crippen LogP contribution in [0.15, 0.2) is 12.2 Å². The zero-order valence-corrected chi connectivity index (χ0v) is 18.6. The third kappa shape index (κ3) is 12.7. The number of allylic oxidation sites excluding steroid dienone is 2. The van der Waals surface area contributed by atoms with Crippen molar-refractivity contribution < 1.29 is 24.8 Å². The van der Waals surface area contributed by atoms with Crippen molar-refractivity contribution in [2.45, 2.75) is 121 Å². The van der Waals surface area contributed by atoms with Crippen molar-refractivity contribution in [2.24, 2.45) is 0 Å². The molecule has 172 valence electrons. The summed E-state index contributed by atoms with van der Waals surface area (Å²) < 4.78 is 11.0. The van der Waals surface area contributed by atoms with Gasteiger partial charge in [-0.3, -0.25) is 0 Å². The molecule has 4 atom stereocenters. The summed E-state index contributed by atoms with van der Waals surface area (Å²) in [5.74, 6) is 0. The lowest BCUT2D eigenvalue weighted by Gasteiger charge is -2.20. The Balaban J connectivity index is 1.81. The standard InChI is InChI=1S/C24H46O5/c1-2-3-4-5-6-7-8-9-10-11-12-13-14-15-16-17-18-28-22-20-29-24(23(22)27)21(26)19-25/h5-6,21-27H,2-4,7-20H2,1H3/b6-5+/t21-,22+,23+,24+/m0/s1. The molecular weight excluding hydrogens is 368 g/mol. The molecule has 1 saturated heterocycles. The topological polar surface area (TPSA) is 79.2 Å². The van der Waals surface area contributed by atoms with Gasteiger partial charge in [0.05, 0.1) is 13.2 Å². The van der Waals surface area contributed by atoms with Crippen LogP contribution in [-0.2, 0) is 9.47 Å². The SMILES string of the molecule is CCCC/C=C/CCCCCCCCCCCCO[C@@H]1CO[C@H]([C@@H](O)CO)[C@@H]1O. The maximum absolute atomic E-state index is 10.1. The minimum Gasteiger partial charge on any atom is -0.394 e. The Labute approximate surface area is 178 Å². The largest absolute Gasteiger partial charge is 0.394 e. The van der Waals surface area contributed by atoms with Gasteiger partial charge in [-0.15, -0.1) is 0 Å². The molecule has 5 nitrogen and oxygen atoms in total. The van der Waals surface area contributed by atoms with Crippen LogP contribution in [0.1, 0.15) is 96.8 Å². The molecule has 0 saturated carbocycles. The molecule has 29 heavy (non-hydrogen) atoms. The average molecular weight is 415 g/mol. The fraction of sp³-hybridized carbons (Fsp3) is 0.917. The third-order valence-electron chi connectivity index (χ3n) is 5.72. The van der Waals surface area contributed by atoms with Crippen LogP contribution >= 0.6 is 0 Å². The second-order valence-electron chi connectivity index (χ2n) is 8.39. The number of rotatable bonds is 19. The zero-order valence-electron chi connectivity index (χ0n) is 18.6. The van der Waals surface area contributed by atoms with E-state index in [0.29, 0.717) is 6.61 Å². The van der Waals surface area contributed by atoms with E-state index >= 15 is 0 Å². The summed E-state index contributed by atoms with van der Waals surface area (Å²) in [5, 5.41) is 28.6. The van der Waals surface area contributed by atoms with E-state index in [1.165, 1.54) is 77.0 Å². The Hall–Kier alpha value is -0.460. The van der Waals surface area contributed by atoms with Crippen molar-refractivity contribution in [3.05, 3.63) is 12.2 Å². The molecule has 0 radical (unpaired) electrons. The second kappa shape index (κ2) is 18.3. The van der Waals surface area contributed by atoms with Crippen LogP contribution < -0.4 is 0 Å². The highest BCUT2D eigenvalue weighted by molar-refractivity contribution is 4.88. The van der Waals surface area contributed by atoms with Gasteiger partial charge in [-0.1, -0.05) is 83.3 Å². The predicted octanol–water partition coefficient (Wildman–Crippen LogP) is 4.52. The predicted molar refractivity (Wildman–Crippen MR) is 118 cm³/mol. The number of ether oxygens (including phenoxy) is 2. The van der Waals surface area contributed by atoms with E-state index < -0.39 is 31.0 Å². The highest BCUT2D eigenvalue weighted by Crippen LogP contribution is 2.20. The van der Waals surface area contributed by atoms with Gasteiger partial charge in [0.15, 0.2) is 0 Å². The van der Waals surface area contributed by atoms with E-state index in [2.05, 4.69) is 19.1 Å². The molecule has 1 rings (SSSR count). The molecule has 0 spiro atoms. The monoisotopic (exact) mass is 414 g/mol. The molecule has 3 N–H and O–H groups in total. The molecular formula is C24H46O5. The van der Waals surface area contributed by atoms with E-state index in [-0.39, 0.29) is 6.61 Å². The zero-order chi connectivity index (χ0) is 21.2. The summed E-state index contributed by atoms with van der Waals surface area (Å²) in [4.78, 5) is 0. The first-order chi connectivity index (χ1) is 14.2. The maximum atomic E-state index is 10.1. The molecule has 5 heteroatoms. The Bertz CT molecular complexity index is 387. The summed E-state index contributed by atoms with van der Waals surface area (Å²) in [6.45, 7) is 2.72. The molecule has 1 aliphatic rings. The average Bonchev–Trinajstić information content (AvgIpc) is 3.10. The Morgan fingerprint density at radius 2 is 1.45 bits per heavy atom. The third-order valence-corrected chi connectivity index (χ3v) is 5.72. The van der Waals surface area contributed by atoms with Crippen molar-refractivity contribution in [1.82, 2.24) is 0 Å². The minimum absolute atomic E-state index is 0.276. The van der Waals surface area contributed by atoms with E-state index in [4.69, 9.17) is 14.6 Å². The summed E-state index contributed by atoms with van der Waals surface area (Å²) in [5.41, 5.74) is 0. The highest BCUT2D eigenvalue weighted by atomic mass is 16.6. The second-order valence-corrected chi connectivity index (χ2v) is 8.39. The number of aliphatic hydroxyl groups excluding tert-OH is 3. The van der Waals surface area contributed by atoms with E-state index in [0.717, 1.165) is 12.8 Å². The number of aliphatic hydroxyl groups is 3. The van der Waals surface area contributed by atoms with E-state index in [1.807, 2.05) is 0 Å². The fourth-order valence-electron chi connectivity index (χ4n) is 3.77. The molecule has 0 aromatic rings. The van der Waals surface area contributed by atoms with Crippen molar-refractivity contribution in [3.63, 3.8) is 0 Å². The summed E-state index contributed by atoms with van der Waals surface area (Å²) in [6, 6.07) is 0. The van der Waals surface area contributed by atoms with Crippen LogP contribution in [0.3, 0.4) is 0 Å². The van der Waals surface area contributed by atoms with E-state index in [1.54, 1.807) is 0 Å². The Kier molecular flexibility index (Phi) is 16.8. The molecule has 1 fully saturated rings. The Morgan fingerprint density at radius 1 is 0.897 bits per heavy atom. The Morgan fingerprint density at radius 3 is 2.03 bits per heavy atom. The van der Waals surface area contributed by atoms with Gasteiger partial charge in [0.25, 0.3) is 0 Å². The lowest BCUT2D eigenvalue weighted by atomic mass is 10.1. The first-order valence-corrected chi connectivity index (χ1v) is 12.1. The van der Waals surface area contributed by atoms with Crippen molar-refractivity contribution >= 4 is 0 Å². The van der Waals surface area contributed by atoms with Crippen LogP contribution in [0, 0.1) is 0 Å². The summed E-state index contributed by atoms with van der Waals surface area (Å²) in [6.07, 6.45) is 19.5. The lowest BCUT2D eigenvalue weighted by molar-refractivity contribution is -0.0730. The highest BCUT2D eigenvalue weighted by Gasteiger charge is 2.40. The van der Waals surface area contributed by atoms with E-state index in [9.17, 15) is 10.2 Å². The maximum Gasteiger partial charge on any atom is 0.114 e. The van der Waals surface area contributed by atoms with Gasteiger partial charge in [-0.25, -0.2) is 0 Å². The van der Waals surface area contributed by atoms with Gasteiger partial charge in [0, 0.05) is 6.61 Å². The van der Waals surface area contributed by atoms with Crippen LogP contribution in [0.4, 0.5) is 0 Å². The molecule has 0 bridgehead atoms. The van der Waals surface area contributed by atoms with Crippen LogP contribution in [-0.4, -0.2) is 59.6 Å². The summed E-state index contributed by atoms with van der Waals surface area (Å²) >= 11 is 0. The quantitative estimate of drug-likeness (QED) is 0.214. The minimum atomic E-state index is -1.05. The molecule has 0 aromatic heterocycles. The number of unbranched alkanes of at least 4 members (excludes halogenated alkanes) is 12. The van der Waals surface area contributed by atoms with Gasteiger partial charge < -0.3 is 24.8 Å². The molecule has 0 unspecified atom stereocenters. The fourth-order valence-corrected chi connectivity index (χ4v) is 3.77. The molecule has 1 aliphatic heterocycles. The van der Waals surface area contributed by atoms with Gasteiger partial charge in [-0.2, -0.15) is 0 Å². The van der Waals surface area contributed by atoms with Crippen LogP contribution in [0.25, 0.3) is 0 Å². The van der Waals surface area contributed by atoms with Crippen molar-refractivity contribution in [3.8, 4) is 0 Å². The molecule has 0 amide bonds. The molecule has 0 aromatic carbocycles. The molecule has 0 aliphatic carbocycles. The van der Waals surface area contributed by atoms with Gasteiger partial charge in [-0.05, 0) is 25.7 Å². The van der Waals surface area contributed by atoms with Crippen molar-refractivity contribution in [2.75, 3.05) is 19.8 Å². The number of hydrogen-bond donors (Lipinski definition) is 3. The first kappa shape index (κ1) is 26.6. The van der Waals surface area contributed by atoms with Gasteiger partial charge in [0.2, 0.25) is 0 Å². The number of hydrogen-bond acceptors (Lipinski definition) is 5. The molecule has 1 heterocycles. The van der Waals surface area contributed by atoms with Gasteiger partial charge >= 0.3 is 0 Å².